The van der Waals surface area contributed by atoms with Gasteiger partial charge in [-0.05, 0) is 43.3 Å². The molecule has 0 bridgehead atoms. The summed E-state index contributed by atoms with van der Waals surface area (Å²) in [6.07, 6.45) is 3.34. The Kier molecular flexibility index (Phi) is 6.43. The van der Waals surface area contributed by atoms with Crippen molar-refractivity contribution in [2.75, 3.05) is 45.3 Å². The number of hydrogen-bond acceptors (Lipinski definition) is 10. The fourth-order valence-electron chi connectivity index (χ4n) is 3.44. The number of nitrogens with zero attached hydrogens (tertiary/aromatic N) is 6. The molecule has 3 N–H and O–H groups in total. The van der Waals surface area contributed by atoms with E-state index in [-0.39, 0.29) is 30.3 Å². The van der Waals surface area contributed by atoms with Crippen LogP contribution in [-0.2, 0) is 4.74 Å². The lowest BCUT2D eigenvalue weighted by Gasteiger charge is -2.33. The normalized spacial score (nSPS) is 18.5. The number of morpholine rings is 1. The third-order valence-corrected chi connectivity index (χ3v) is 5.30. The molecule has 3 heterocycles. The van der Waals surface area contributed by atoms with Crippen LogP contribution >= 0.6 is 0 Å². The molecule has 0 radical (unpaired) electrons. The highest BCUT2D eigenvalue weighted by molar-refractivity contribution is 5.93. The number of anilines is 1. The molecule has 1 atom stereocenters. The number of hydroxylamine groups is 2. The molecule has 174 valence electrons. The molecule has 11 nitrogen and oxygen atoms in total. The lowest BCUT2D eigenvalue weighted by atomic mass is 10.2. The first kappa shape index (κ1) is 22.5. The summed E-state index contributed by atoms with van der Waals surface area (Å²) in [7, 11) is 3.40. The first-order valence-electron chi connectivity index (χ1n) is 10.5. The molecule has 2 aliphatic heterocycles. The number of aromatic nitrogens is 3. The zero-order valence-corrected chi connectivity index (χ0v) is 18.8. The first-order valence-corrected chi connectivity index (χ1v) is 10.5. The van der Waals surface area contributed by atoms with E-state index in [4.69, 9.17) is 15.2 Å². The predicted octanol–water partition coefficient (Wildman–Crippen LogP) is 1.48. The van der Waals surface area contributed by atoms with Crippen molar-refractivity contribution in [3.05, 3.63) is 53.6 Å². The van der Waals surface area contributed by atoms with Crippen LogP contribution in [0.25, 0.3) is 5.57 Å². The predicted molar refractivity (Wildman–Crippen MR) is 121 cm³/mol. The quantitative estimate of drug-likeness (QED) is 0.686. The third-order valence-electron chi connectivity index (χ3n) is 5.30. The van der Waals surface area contributed by atoms with Crippen LogP contribution < -0.4 is 15.4 Å². The second kappa shape index (κ2) is 9.43. The Hall–Kier alpha value is -3.70. The van der Waals surface area contributed by atoms with Crippen molar-refractivity contribution in [3.8, 4) is 11.8 Å². The summed E-state index contributed by atoms with van der Waals surface area (Å²) < 4.78 is 11.5. The Morgan fingerprint density at radius 3 is 2.64 bits per heavy atom. The zero-order chi connectivity index (χ0) is 23.5. The van der Waals surface area contributed by atoms with Gasteiger partial charge in [0.25, 0.3) is 5.91 Å². The molecule has 0 aliphatic carbocycles. The van der Waals surface area contributed by atoms with E-state index in [1.165, 1.54) is 4.90 Å². The van der Waals surface area contributed by atoms with E-state index in [9.17, 15) is 10.0 Å². The van der Waals surface area contributed by atoms with Gasteiger partial charge in [0.2, 0.25) is 5.95 Å². The topological polar surface area (TPSA) is 130 Å². The molecule has 0 saturated carbocycles. The van der Waals surface area contributed by atoms with E-state index >= 15 is 0 Å². The molecule has 11 heteroatoms. The molecule has 2 aromatic rings. The van der Waals surface area contributed by atoms with Crippen LogP contribution in [0.5, 0.6) is 11.8 Å². The summed E-state index contributed by atoms with van der Waals surface area (Å²) in [6, 6.07) is 6.93. The van der Waals surface area contributed by atoms with Crippen molar-refractivity contribution < 1.29 is 19.5 Å². The molecule has 1 amide bonds. The van der Waals surface area contributed by atoms with Gasteiger partial charge in [-0.25, -0.2) is 5.06 Å². The van der Waals surface area contributed by atoms with Crippen LogP contribution in [0.3, 0.4) is 0 Å². The highest BCUT2D eigenvalue weighted by atomic mass is 16.5. The lowest BCUT2D eigenvalue weighted by molar-refractivity contribution is -0.0445. The number of carbonyl (C=O) groups is 1. The van der Waals surface area contributed by atoms with Crippen LogP contribution in [0.4, 0.5) is 5.95 Å². The van der Waals surface area contributed by atoms with E-state index in [2.05, 4.69) is 15.0 Å². The summed E-state index contributed by atoms with van der Waals surface area (Å²) in [6.45, 7) is 3.91. The van der Waals surface area contributed by atoms with Gasteiger partial charge in [0.1, 0.15) is 11.6 Å². The van der Waals surface area contributed by atoms with Gasteiger partial charge in [0, 0.05) is 31.8 Å². The van der Waals surface area contributed by atoms with Gasteiger partial charge < -0.3 is 25.0 Å². The second-order valence-corrected chi connectivity index (χ2v) is 8.03. The number of nitrogens with two attached hydrogens (primary N) is 1. The van der Waals surface area contributed by atoms with Crippen molar-refractivity contribution in [1.82, 2.24) is 24.9 Å². The third kappa shape index (κ3) is 5.04. The lowest BCUT2D eigenvalue weighted by Crippen LogP contribution is -2.44. The molecule has 1 fully saturated rings. The maximum absolute atomic E-state index is 12.1. The smallest absolute Gasteiger partial charge is 0.327 e. The Balaban J connectivity index is 1.67. The molecule has 33 heavy (non-hydrogen) atoms. The van der Waals surface area contributed by atoms with Crippen molar-refractivity contribution in [3.63, 3.8) is 0 Å². The van der Waals surface area contributed by atoms with Crippen LogP contribution in [0.1, 0.15) is 23.1 Å². The number of rotatable bonds is 5. The van der Waals surface area contributed by atoms with E-state index in [1.807, 2.05) is 11.8 Å². The van der Waals surface area contributed by atoms with Crippen LogP contribution in [0.2, 0.25) is 0 Å². The van der Waals surface area contributed by atoms with Crippen LogP contribution in [-0.4, -0.2) is 82.5 Å². The van der Waals surface area contributed by atoms with Crippen molar-refractivity contribution in [2.45, 2.75) is 13.0 Å². The summed E-state index contributed by atoms with van der Waals surface area (Å²) >= 11 is 0. The van der Waals surface area contributed by atoms with Gasteiger partial charge in [-0.3, -0.25) is 10.0 Å². The Bertz CT molecular complexity index is 1080. The fourth-order valence-corrected chi connectivity index (χ4v) is 3.44. The van der Waals surface area contributed by atoms with Gasteiger partial charge in [-0.15, -0.1) is 0 Å². The van der Waals surface area contributed by atoms with E-state index in [1.54, 1.807) is 50.5 Å². The van der Waals surface area contributed by atoms with Gasteiger partial charge in [0.05, 0.1) is 25.8 Å². The summed E-state index contributed by atoms with van der Waals surface area (Å²) in [5.74, 6) is 1.44. The fraction of sp³-hybridized carbons (Fsp3) is 0.364. The number of carbonyl (C=O) groups excluding carboxylic acids is 1. The summed E-state index contributed by atoms with van der Waals surface area (Å²) in [5, 5.41) is 11.0. The monoisotopic (exact) mass is 453 g/mol. The highest BCUT2D eigenvalue weighted by Crippen LogP contribution is 2.26. The van der Waals surface area contributed by atoms with Crippen molar-refractivity contribution in [1.29, 1.82) is 0 Å². The minimum absolute atomic E-state index is 0.0726. The average Bonchev–Trinajstić information content (AvgIpc) is 2.81. The largest absolute Gasteiger partial charge is 0.424 e. The Labute approximate surface area is 191 Å². The number of benzene rings is 1. The molecule has 0 spiro atoms. The molecule has 4 rings (SSSR count). The van der Waals surface area contributed by atoms with E-state index in [0.717, 1.165) is 5.06 Å². The van der Waals surface area contributed by atoms with Crippen molar-refractivity contribution >= 4 is 17.4 Å². The SMILES string of the molecule is C[C@H]1COCCN1c1nc(Oc2ccc(C(=O)N(C)C)cc2)nc(C2=CC=C(N)N(O)C2)n1. The van der Waals surface area contributed by atoms with Gasteiger partial charge in [-0.1, -0.05) is 0 Å². The second-order valence-electron chi connectivity index (χ2n) is 8.03. The zero-order valence-electron chi connectivity index (χ0n) is 18.8. The minimum atomic E-state index is -0.0993. The molecular weight excluding hydrogens is 426 g/mol. The minimum Gasteiger partial charge on any atom is -0.424 e. The van der Waals surface area contributed by atoms with Crippen LogP contribution in [0, 0.1) is 0 Å². The Morgan fingerprint density at radius 2 is 1.97 bits per heavy atom. The van der Waals surface area contributed by atoms with Crippen LogP contribution in [0.15, 0.2) is 42.2 Å². The summed E-state index contributed by atoms with van der Waals surface area (Å²) in [5.41, 5.74) is 6.94. The number of allylic oxidation sites excluding steroid dienone is 2. The molecule has 1 aromatic carbocycles. The summed E-state index contributed by atoms with van der Waals surface area (Å²) in [4.78, 5) is 29.3. The molecule has 1 saturated heterocycles. The average molecular weight is 454 g/mol. The first-order chi connectivity index (χ1) is 15.8. The number of hydrogen-bond donors (Lipinski definition) is 2. The Morgan fingerprint density at radius 1 is 1.21 bits per heavy atom. The number of amides is 1. The molecule has 2 aliphatic rings. The standard InChI is InChI=1S/C22H27N7O4/c1-14-13-32-11-10-28(14)21-24-19(16-6-9-18(23)29(31)12-16)25-22(26-21)33-17-7-4-15(5-8-17)20(30)27(2)3/h4-9,14,31H,10-13,23H2,1-3H3/t14-/m0/s1. The van der Waals surface area contributed by atoms with Gasteiger partial charge >= 0.3 is 6.01 Å². The van der Waals surface area contributed by atoms with Crippen molar-refractivity contribution in [2.24, 2.45) is 5.73 Å². The maximum Gasteiger partial charge on any atom is 0.327 e. The number of ether oxygens (including phenoxy) is 2. The van der Waals surface area contributed by atoms with E-state index < -0.39 is 0 Å². The van der Waals surface area contributed by atoms with Gasteiger partial charge in [-0.2, -0.15) is 15.0 Å². The van der Waals surface area contributed by atoms with E-state index in [0.29, 0.717) is 48.4 Å². The molecule has 0 unspecified atom stereocenters. The molecular formula is C22H27N7O4. The highest BCUT2D eigenvalue weighted by Gasteiger charge is 2.25. The molecule has 1 aromatic heterocycles. The van der Waals surface area contributed by atoms with Gasteiger partial charge in [0.15, 0.2) is 5.82 Å². The maximum atomic E-state index is 12.1.